The molecule has 1 atom stereocenters. The van der Waals surface area contributed by atoms with E-state index in [1.807, 2.05) is 18.8 Å². The Morgan fingerprint density at radius 1 is 1.40 bits per heavy atom. The zero-order valence-electron chi connectivity index (χ0n) is 12.6. The zero-order chi connectivity index (χ0) is 14.5. The summed E-state index contributed by atoms with van der Waals surface area (Å²) in [5.41, 5.74) is 0.791. The molecule has 1 heterocycles. The molecule has 4 nitrogen and oxygen atoms in total. The lowest BCUT2D eigenvalue weighted by molar-refractivity contribution is 0.122. The van der Waals surface area contributed by atoms with E-state index in [1.54, 1.807) is 6.20 Å². The van der Waals surface area contributed by atoms with Gasteiger partial charge in [0.1, 0.15) is 0 Å². The maximum Gasteiger partial charge on any atom is 0.0974 e. The first-order chi connectivity index (χ1) is 9.58. The average molecular weight is 300 g/mol. The zero-order valence-corrected chi connectivity index (χ0v) is 13.3. The fraction of sp³-hybridized carbons (Fsp3) is 0.800. The lowest BCUT2D eigenvalue weighted by atomic mass is 9.85. The first-order valence-corrected chi connectivity index (χ1v) is 7.99. The molecular weight excluding hydrogens is 274 g/mol. The third-order valence-electron chi connectivity index (χ3n) is 4.19. The van der Waals surface area contributed by atoms with Crippen LogP contribution in [0, 0.1) is 5.92 Å². The van der Waals surface area contributed by atoms with Crippen LogP contribution in [0.1, 0.15) is 50.3 Å². The van der Waals surface area contributed by atoms with Gasteiger partial charge >= 0.3 is 0 Å². The molecule has 1 aromatic heterocycles. The maximum absolute atomic E-state index is 10.5. The van der Waals surface area contributed by atoms with Gasteiger partial charge in [0, 0.05) is 6.54 Å². The van der Waals surface area contributed by atoms with Crippen molar-refractivity contribution in [1.82, 2.24) is 14.7 Å². The molecule has 0 saturated heterocycles. The van der Waals surface area contributed by atoms with Gasteiger partial charge in [-0.1, -0.05) is 43.7 Å². The second-order valence-corrected chi connectivity index (χ2v) is 6.57. The summed E-state index contributed by atoms with van der Waals surface area (Å²) in [6.07, 6.45) is 8.38. The number of hydrogen-bond acceptors (Lipinski definition) is 3. The monoisotopic (exact) mass is 299 g/mol. The van der Waals surface area contributed by atoms with E-state index in [1.165, 1.54) is 32.1 Å². The molecule has 0 amide bonds. The Morgan fingerprint density at radius 3 is 2.75 bits per heavy atom. The molecule has 1 N–H and O–H groups in total. The largest absolute Gasteiger partial charge is 0.387 e. The molecule has 0 radical (unpaired) electrons. The summed E-state index contributed by atoms with van der Waals surface area (Å²) >= 11 is 6.22. The topological polar surface area (TPSA) is 41.3 Å². The van der Waals surface area contributed by atoms with Gasteiger partial charge < -0.3 is 10.0 Å². The molecule has 1 unspecified atom stereocenters. The standard InChI is InChI=1S/C15H26ClN3O/c1-18(2)8-9-19-15(13(16)11-17-19)14(20)10-12-6-4-3-5-7-12/h11-12,14,20H,3-10H2,1-2H3. The molecule has 1 aromatic rings. The molecule has 5 heteroatoms. The number of hydrogen-bond donors (Lipinski definition) is 1. The Balaban J connectivity index is 2.00. The highest BCUT2D eigenvalue weighted by molar-refractivity contribution is 6.31. The summed E-state index contributed by atoms with van der Waals surface area (Å²) in [5, 5.41) is 15.4. The molecule has 0 aromatic carbocycles. The maximum atomic E-state index is 10.5. The van der Waals surface area contributed by atoms with Crippen molar-refractivity contribution in [3.8, 4) is 0 Å². The lowest BCUT2D eigenvalue weighted by Crippen LogP contribution is -2.22. The molecule has 114 valence electrons. The molecule has 1 saturated carbocycles. The van der Waals surface area contributed by atoms with Crippen molar-refractivity contribution >= 4 is 11.6 Å². The van der Waals surface area contributed by atoms with E-state index in [0.717, 1.165) is 25.2 Å². The fourth-order valence-electron chi connectivity index (χ4n) is 3.03. The van der Waals surface area contributed by atoms with E-state index in [4.69, 9.17) is 11.6 Å². The molecule has 1 fully saturated rings. The highest BCUT2D eigenvalue weighted by atomic mass is 35.5. The summed E-state index contributed by atoms with van der Waals surface area (Å²) in [5.74, 6) is 0.631. The van der Waals surface area contributed by atoms with Gasteiger partial charge in [0.15, 0.2) is 0 Å². The number of nitrogens with zero attached hydrogens (tertiary/aromatic N) is 3. The van der Waals surface area contributed by atoms with Crippen LogP contribution < -0.4 is 0 Å². The summed E-state index contributed by atoms with van der Waals surface area (Å²) in [6, 6.07) is 0. The van der Waals surface area contributed by atoms with Gasteiger partial charge in [0.25, 0.3) is 0 Å². The van der Waals surface area contributed by atoms with E-state index in [-0.39, 0.29) is 0 Å². The summed E-state index contributed by atoms with van der Waals surface area (Å²) < 4.78 is 1.86. The predicted octanol–water partition coefficient (Wildman–Crippen LogP) is 3.10. The first-order valence-electron chi connectivity index (χ1n) is 7.62. The van der Waals surface area contributed by atoms with Crippen LogP contribution in [0.15, 0.2) is 6.20 Å². The predicted molar refractivity (Wildman–Crippen MR) is 81.9 cm³/mol. The average Bonchev–Trinajstić information content (AvgIpc) is 2.78. The van der Waals surface area contributed by atoms with Crippen molar-refractivity contribution in [2.75, 3.05) is 20.6 Å². The van der Waals surface area contributed by atoms with Crippen LogP contribution in [-0.4, -0.2) is 40.4 Å². The quantitative estimate of drug-likeness (QED) is 0.877. The molecule has 0 spiro atoms. The van der Waals surface area contributed by atoms with Gasteiger partial charge in [-0.05, 0) is 26.4 Å². The van der Waals surface area contributed by atoms with E-state index < -0.39 is 6.10 Å². The van der Waals surface area contributed by atoms with Crippen LogP contribution in [0.3, 0.4) is 0 Å². The first kappa shape index (κ1) is 15.8. The molecule has 1 aliphatic rings. The normalized spacial score (nSPS) is 18.6. The Bertz CT molecular complexity index is 413. The Kier molecular flexibility index (Phi) is 5.87. The van der Waals surface area contributed by atoms with E-state index in [2.05, 4.69) is 10.00 Å². The Morgan fingerprint density at radius 2 is 2.10 bits per heavy atom. The van der Waals surface area contributed by atoms with E-state index >= 15 is 0 Å². The van der Waals surface area contributed by atoms with Crippen molar-refractivity contribution in [2.24, 2.45) is 5.92 Å². The summed E-state index contributed by atoms with van der Waals surface area (Å²) in [4.78, 5) is 2.10. The van der Waals surface area contributed by atoms with Gasteiger partial charge in [-0.25, -0.2) is 0 Å². The van der Waals surface area contributed by atoms with Crippen LogP contribution in [0.25, 0.3) is 0 Å². The van der Waals surface area contributed by atoms with Crippen LogP contribution in [0.4, 0.5) is 0 Å². The summed E-state index contributed by atoms with van der Waals surface area (Å²) in [6.45, 7) is 1.65. The minimum Gasteiger partial charge on any atom is -0.387 e. The third kappa shape index (κ3) is 4.21. The van der Waals surface area contributed by atoms with Crippen molar-refractivity contribution in [3.63, 3.8) is 0 Å². The Hall–Kier alpha value is -0.580. The second kappa shape index (κ2) is 7.43. The van der Waals surface area contributed by atoms with Crippen LogP contribution in [0.5, 0.6) is 0 Å². The van der Waals surface area contributed by atoms with Gasteiger partial charge in [-0.2, -0.15) is 5.10 Å². The van der Waals surface area contributed by atoms with E-state index in [0.29, 0.717) is 10.9 Å². The van der Waals surface area contributed by atoms with Crippen molar-refractivity contribution in [1.29, 1.82) is 0 Å². The van der Waals surface area contributed by atoms with E-state index in [9.17, 15) is 5.11 Å². The summed E-state index contributed by atoms with van der Waals surface area (Å²) in [7, 11) is 4.06. The molecule has 1 aliphatic carbocycles. The molecule has 2 rings (SSSR count). The van der Waals surface area contributed by atoms with Crippen LogP contribution >= 0.6 is 11.6 Å². The van der Waals surface area contributed by atoms with Gasteiger partial charge in [0.05, 0.1) is 29.6 Å². The number of aliphatic hydroxyl groups is 1. The number of halogens is 1. The lowest BCUT2D eigenvalue weighted by Gasteiger charge is -2.24. The smallest absolute Gasteiger partial charge is 0.0974 e. The van der Waals surface area contributed by atoms with Crippen LogP contribution in [0.2, 0.25) is 5.02 Å². The van der Waals surface area contributed by atoms with Crippen molar-refractivity contribution in [3.05, 3.63) is 16.9 Å². The number of rotatable bonds is 6. The second-order valence-electron chi connectivity index (χ2n) is 6.16. The third-order valence-corrected chi connectivity index (χ3v) is 4.48. The van der Waals surface area contributed by atoms with Gasteiger partial charge in [-0.15, -0.1) is 0 Å². The van der Waals surface area contributed by atoms with Crippen molar-refractivity contribution < 1.29 is 5.11 Å². The van der Waals surface area contributed by atoms with Crippen LogP contribution in [-0.2, 0) is 6.54 Å². The highest BCUT2D eigenvalue weighted by Gasteiger charge is 2.23. The number of likely N-dealkylation sites (N-methyl/N-ethyl adjacent to an activating group) is 1. The van der Waals surface area contributed by atoms with Gasteiger partial charge in [-0.3, -0.25) is 4.68 Å². The molecule has 0 bridgehead atoms. The van der Waals surface area contributed by atoms with Crippen molar-refractivity contribution in [2.45, 2.75) is 51.2 Å². The molecule has 0 aliphatic heterocycles. The van der Waals surface area contributed by atoms with Gasteiger partial charge in [0.2, 0.25) is 0 Å². The SMILES string of the molecule is CN(C)CCn1ncc(Cl)c1C(O)CC1CCCCC1. The Labute approximate surface area is 126 Å². The fourth-order valence-corrected chi connectivity index (χ4v) is 3.29. The highest BCUT2D eigenvalue weighted by Crippen LogP contribution is 2.34. The minimum absolute atomic E-state index is 0.490. The number of aromatic nitrogens is 2. The molecule has 20 heavy (non-hydrogen) atoms. The number of aliphatic hydroxyl groups excluding tert-OH is 1. The molecular formula is C15H26ClN3O. The minimum atomic E-state index is -0.490.